The van der Waals surface area contributed by atoms with Gasteiger partial charge in [-0.25, -0.2) is 8.42 Å². The Hall–Kier alpha value is -3.69. The first-order chi connectivity index (χ1) is 17.1. The Bertz CT molecular complexity index is 1480. The topological polar surface area (TPSA) is 105 Å². The highest BCUT2D eigenvalue weighted by Crippen LogP contribution is 2.28. The molecule has 10 heteroatoms. The number of benzene rings is 3. The summed E-state index contributed by atoms with van der Waals surface area (Å²) in [5, 5.41) is 7.23. The van der Waals surface area contributed by atoms with Gasteiger partial charge in [-0.05, 0) is 54.8 Å². The van der Waals surface area contributed by atoms with Crippen LogP contribution in [0, 0.1) is 13.8 Å². The Morgan fingerprint density at radius 1 is 1.03 bits per heavy atom. The molecule has 8 nitrogen and oxygen atoms in total. The number of aryl methyl sites for hydroxylation is 2. The maximum Gasteiger partial charge on any atom is 0.251 e. The summed E-state index contributed by atoms with van der Waals surface area (Å²) in [6.07, 6.45) is 1.19. The molecule has 1 N–H and O–H groups in total. The van der Waals surface area contributed by atoms with Crippen molar-refractivity contribution in [3.8, 4) is 11.4 Å². The first kappa shape index (κ1) is 25.4. The number of hydrogen-bond acceptors (Lipinski definition) is 6. The van der Waals surface area contributed by atoms with E-state index in [4.69, 9.17) is 16.1 Å². The Morgan fingerprint density at radius 2 is 1.69 bits per heavy atom. The highest BCUT2D eigenvalue weighted by Gasteiger charge is 2.21. The van der Waals surface area contributed by atoms with Crippen molar-refractivity contribution in [2.24, 2.45) is 0 Å². The van der Waals surface area contributed by atoms with E-state index in [-0.39, 0.29) is 24.9 Å². The number of aromatic nitrogens is 2. The Morgan fingerprint density at radius 3 is 2.33 bits per heavy atom. The molecule has 0 bridgehead atoms. The molecule has 36 heavy (non-hydrogen) atoms. The van der Waals surface area contributed by atoms with Gasteiger partial charge in [0.1, 0.15) is 0 Å². The largest absolute Gasteiger partial charge is 0.343 e. The van der Waals surface area contributed by atoms with E-state index in [1.807, 2.05) is 38.1 Å². The van der Waals surface area contributed by atoms with Gasteiger partial charge in [0.15, 0.2) is 0 Å². The van der Waals surface area contributed by atoms with Crippen molar-refractivity contribution in [1.29, 1.82) is 0 Å². The maximum atomic E-state index is 12.6. The number of anilines is 1. The lowest BCUT2D eigenvalue weighted by Gasteiger charge is -2.26. The number of nitrogens with zero attached hydrogens (tertiary/aromatic N) is 3. The van der Waals surface area contributed by atoms with E-state index in [1.165, 1.54) is 10.6 Å². The van der Waals surface area contributed by atoms with E-state index >= 15 is 0 Å². The van der Waals surface area contributed by atoms with Gasteiger partial charge in [0.25, 0.3) is 5.91 Å². The van der Waals surface area contributed by atoms with Crippen LogP contribution in [-0.4, -0.2) is 30.7 Å². The molecule has 0 saturated heterocycles. The lowest BCUT2D eigenvalue weighted by Crippen LogP contribution is -2.30. The number of carbonyl (C=O) groups is 1. The van der Waals surface area contributed by atoms with Crippen LogP contribution in [-0.2, 0) is 23.1 Å². The van der Waals surface area contributed by atoms with Crippen molar-refractivity contribution in [3.05, 3.63) is 99.9 Å². The quantitative estimate of drug-likeness (QED) is 0.351. The monoisotopic (exact) mass is 524 g/mol. The second kappa shape index (κ2) is 10.5. The predicted octanol–water partition coefficient (Wildman–Crippen LogP) is 4.90. The van der Waals surface area contributed by atoms with Gasteiger partial charge in [0, 0.05) is 16.1 Å². The van der Waals surface area contributed by atoms with Gasteiger partial charge in [-0.2, -0.15) is 4.98 Å². The summed E-state index contributed by atoms with van der Waals surface area (Å²) < 4.78 is 31.8. The minimum absolute atomic E-state index is 0.0581. The van der Waals surface area contributed by atoms with Crippen molar-refractivity contribution in [2.75, 3.05) is 10.6 Å². The minimum Gasteiger partial charge on any atom is -0.343 e. The molecule has 0 unspecified atom stereocenters. The van der Waals surface area contributed by atoms with E-state index in [1.54, 1.807) is 42.5 Å². The third-order valence-electron chi connectivity index (χ3n) is 5.58. The fourth-order valence-corrected chi connectivity index (χ4v) is 5.01. The van der Waals surface area contributed by atoms with E-state index in [0.29, 0.717) is 27.7 Å². The molecule has 186 valence electrons. The molecular weight excluding hydrogens is 500 g/mol. The molecule has 1 aromatic heterocycles. The Labute approximate surface area is 215 Å². The van der Waals surface area contributed by atoms with Crippen LogP contribution in [0.2, 0.25) is 5.02 Å². The highest BCUT2D eigenvalue weighted by molar-refractivity contribution is 7.92. The molecule has 0 atom stereocenters. The molecule has 4 aromatic rings. The van der Waals surface area contributed by atoms with Gasteiger partial charge in [-0.3, -0.25) is 9.10 Å². The molecule has 0 aliphatic heterocycles. The summed E-state index contributed by atoms with van der Waals surface area (Å²) >= 11 is 6.00. The van der Waals surface area contributed by atoms with Gasteiger partial charge in [0.05, 0.1) is 25.0 Å². The fourth-order valence-electron chi connectivity index (χ4n) is 3.82. The smallest absolute Gasteiger partial charge is 0.251 e. The van der Waals surface area contributed by atoms with Crippen molar-refractivity contribution >= 4 is 33.2 Å². The molecule has 3 aromatic carbocycles. The van der Waals surface area contributed by atoms with E-state index in [2.05, 4.69) is 15.5 Å². The van der Waals surface area contributed by atoms with Crippen LogP contribution >= 0.6 is 11.6 Å². The molecule has 1 amide bonds. The third kappa shape index (κ3) is 5.92. The van der Waals surface area contributed by atoms with Crippen molar-refractivity contribution in [3.63, 3.8) is 0 Å². The van der Waals surface area contributed by atoms with Crippen LogP contribution in [0.25, 0.3) is 11.4 Å². The van der Waals surface area contributed by atoms with E-state index < -0.39 is 10.0 Å². The second-order valence-electron chi connectivity index (χ2n) is 8.41. The number of nitrogens with one attached hydrogen (secondary N) is 1. The normalized spacial score (nSPS) is 11.3. The summed E-state index contributed by atoms with van der Waals surface area (Å²) in [5.74, 6) is 0.316. The number of amides is 1. The number of carbonyl (C=O) groups excluding carboxylic acids is 1. The Balaban J connectivity index is 1.42. The second-order valence-corrected chi connectivity index (χ2v) is 10.8. The first-order valence-electron chi connectivity index (χ1n) is 11.1. The lowest BCUT2D eigenvalue weighted by molar-refractivity contribution is 0.0946. The van der Waals surface area contributed by atoms with Crippen molar-refractivity contribution in [1.82, 2.24) is 15.5 Å². The summed E-state index contributed by atoms with van der Waals surface area (Å²) in [5.41, 5.74) is 4.29. The molecule has 1 heterocycles. The van der Waals surface area contributed by atoms with Gasteiger partial charge in [0.2, 0.25) is 21.7 Å². The average Bonchev–Trinajstić information content (AvgIpc) is 3.31. The highest BCUT2D eigenvalue weighted by atomic mass is 35.5. The molecule has 0 spiro atoms. The summed E-state index contributed by atoms with van der Waals surface area (Å²) in [4.78, 5) is 16.9. The average molecular weight is 525 g/mol. The molecular formula is C26H25ClN4O4S. The summed E-state index contributed by atoms with van der Waals surface area (Å²) in [6.45, 7) is 3.98. The third-order valence-corrected chi connectivity index (χ3v) is 6.93. The van der Waals surface area contributed by atoms with E-state index in [9.17, 15) is 13.2 Å². The van der Waals surface area contributed by atoms with Crippen molar-refractivity contribution < 1.29 is 17.7 Å². The van der Waals surface area contributed by atoms with Gasteiger partial charge in [-0.15, -0.1) is 0 Å². The van der Waals surface area contributed by atoms with Crippen LogP contribution in [0.4, 0.5) is 5.69 Å². The SMILES string of the molecule is Cc1cccc(C)c1N(Cc1ccc(C(=O)NCc2nc(-c3cccc(Cl)c3)no2)cc1)S(C)(=O)=O. The lowest BCUT2D eigenvalue weighted by atomic mass is 10.1. The van der Waals surface area contributed by atoms with Gasteiger partial charge >= 0.3 is 0 Å². The van der Waals surface area contributed by atoms with Crippen LogP contribution < -0.4 is 9.62 Å². The number of rotatable bonds is 8. The van der Waals surface area contributed by atoms with Gasteiger partial charge in [-0.1, -0.05) is 59.2 Å². The zero-order chi connectivity index (χ0) is 25.9. The standard InChI is InChI=1S/C26H25ClN4O4S/c1-17-6-4-7-18(2)24(17)31(36(3,33)34)16-19-10-12-20(13-11-19)26(32)28-15-23-29-25(30-35-23)21-8-5-9-22(27)14-21/h4-14H,15-16H2,1-3H3,(H,28,32). The molecule has 0 aliphatic rings. The number of para-hydroxylation sites is 1. The predicted molar refractivity (Wildman–Crippen MR) is 139 cm³/mol. The summed E-state index contributed by atoms with van der Waals surface area (Å²) in [6, 6.07) is 19.5. The molecule has 0 radical (unpaired) electrons. The van der Waals surface area contributed by atoms with Crippen LogP contribution in [0.15, 0.2) is 71.3 Å². The van der Waals surface area contributed by atoms with Crippen LogP contribution in [0.5, 0.6) is 0 Å². The zero-order valence-corrected chi connectivity index (χ0v) is 21.6. The zero-order valence-electron chi connectivity index (χ0n) is 20.0. The first-order valence-corrected chi connectivity index (χ1v) is 13.3. The number of hydrogen-bond donors (Lipinski definition) is 1. The molecule has 4 rings (SSSR count). The van der Waals surface area contributed by atoms with Crippen LogP contribution in [0.3, 0.4) is 0 Å². The summed E-state index contributed by atoms with van der Waals surface area (Å²) in [7, 11) is -3.52. The minimum atomic E-state index is -3.52. The number of halogens is 1. The number of sulfonamides is 1. The molecule has 0 aliphatic carbocycles. The maximum absolute atomic E-state index is 12.6. The van der Waals surface area contributed by atoms with E-state index in [0.717, 1.165) is 16.7 Å². The Kier molecular flexibility index (Phi) is 7.42. The van der Waals surface area contributed by atoms with Crippen LogP contribution in [0.1, 0.15) is 32.9 Å². The molecule has 0 saturated carbocycles. The molecule has 0 fully saturated rings. The van der Waals surface area contributed by atoms with Gasteiger partial charge < -0.3 is 9.84 Å². The van der Waals surface area contributed by atoms with Crippen molar-refractivity contribution in [2.45, 2.75) is 26.9 Å². The fraction of sp³-hybridized carbons (Fsp3) is 0.192.